The normalized spacial score (nSPS) is 15.5. The molecule has 0 bridgehead atoms. The fourth-order valence-corrected chi connectivity index (χ4v) is 4.84. The minimum Gasteiger partial charge on any atom is -0.348 e. The van der Waals surface area contributed by atoms with E-state index >= 15 is 0 Å². The van der Waals surface area contributed by atoms with Crippen molar-refractivity contribution in [3.63, 3.8) is 0 Å². The smallest absolute Gasteiger partial charge is 0.348 e. The summed E-state index contributed by atoms with van der Waals surface area (Å²) < 4.78 is 40.0. The van der Waals surface area contributed by atoms with Crippen LogP contribution < -0.4 is 10.2 Å². The van der Waals surface area contributed by atoms with E-state index in [4.69, 9.17) is 0 Å². The van der Waals surface area contributed by atoms with E-state index in [1.807, 2.05) is 10.3 Å². The molecule has 0 unspecified atom stereocenters. The summed E-state index contributed by atoms with van der Waals surface area (Å²) in [6.45, 7) is 1.97. The van der Waals surface area contributed by atoms with Crippen molar-refractivity contribution in [3.8, 4) is 0 Å². The monoisotopic (exact) mass is 499 g/mol. The average molecular weight is 500 g/mol. The van der Waals surface area contributed by atoms with Gasteiger partial charge < -0.3 is 15.1 Å². The maximum Gasteiger partial charge on any atom is 0.417 e. The van der Waals surface area contributed by atoms with Crippen molar-refractivity contribution in [3.05, 3.63) is 87.0 Å². The molecule has 0 radical (unpaired) electrons. The van der Waals surface area contributed by atoms with Crippen molar-refractivity contribution in [2.45, 2.75) is 12.7 Å². The van der Waals surface area contributed by atoms with Crippen molar-refractivity contribution in [1.82, 2.24) is 20.2 Å². The standard InChI is InChI=1S/C24H20F3N5O2S/c25-24(26,27)20-4-2-1-3-19(20)23(34)32-11-16-9-31(10-17(16)12-32)21-6-5-15(7-28-21)22(33)29-8-18-13-35-14-30-18/h1-7,13-14H,8-12H2,(H,29,33). The predicted molar refractivity (Wildman–Crippen MR) is 124 cm³/mol. The summed E-state index contributed by atoms with van der Waals surface area (Å²) in [6, 6.07) is 8.34. The Morgan fingerprint density at radius 1 is 1.00 bits per heavy atom. The van der Waals surface area contributed by atoms with Gasteiger partial charge in [-0.3, -0.25) is 9.59 Å². The molecule has 7 nitrogen and oxygen atoms in total. The van der Waals surface area contributed by atoms with Crippen LogP contribution in [0.3, 0.4) is 0 Å². The van der Waals surface area contributed by atoms with Gasteiger partial charge in [0.05, 0.1) is 34.4 Å². The third-order valence-electron chi connectivity index (χ3n) is 6.02. The first-order chi connectivity index (χ1) is 16.8. The lowest BCUT2D eigenvalue weighted by Crippen LogP contribution is -2.35. The highest BCUT2D eigenvalue weighted by Gasteiger charge is 2.38. The van der Waals surface area contributed by atoms with Gasteiger partial charge in [-0.2, -0.15) is 13.2 Å². The van der Waals surface area contributed by atoms with Crippen LogP contribution in [0.25, 0.3) is 0 Å². The molecule has 5 rings (SSSR count). The molecule has 0 fully saturated rings. The summed E-state index contributed by atoms with van der Waals surface area (Å²) in [5, 5.41) is 4.67. The quantitative estimate of drug-likeness (QED) is 0.541. The molecule has 11 heteroatoms. The first kappa shape index (κ1) is 23.0. The maximum absolute atomic E-state index is 13.3. The van der Waals surface area contributed by atoms with Gasteiger partial charge in [-0.1, -0.05) is 12.1 Å². The van der Waals surface area contributed by atoms with Crippen molar-refractivity contribution < 1.29 is 22.8 Å². The molecular weight excluding hydrogens is 479 g/mol. The van der Waals surface area contributed by atoms with Crippen LogP contribution >= 0.6 is 11.3 Å². The third-order valence-corrected chi connectivity index (χ3v) is 6.66. The van der Waals surface area contributed by atoms with Crippen molar-refractivity contribution in [2.24, 2.45) is 0 Å². The first-order valence-corrected chi connectivity index (χ1v) is 11.8. The van der Waals surface area contributed by atoms with Crippen LogP contribution in [0.2, 0.25) is 0 Å². The van der Waals surface area contributed by atoms with Crippen LogP contribution in [-0.2, 0) is 12.7 Å². The number of hydrogen-bond acceptors (Lipinski definition) is 6. The lowest BCUT2D eigenvalue weighted by molar-refractivity contribution is -0.138. The number of hydrogen-bond donors (Lipinski definition) is 1. The van der Waals surface area contributed by atoms with Gasteiger partial charge in [-0.15, -0.1) is 11.3 Å². The number of carbonyl (C=O) groups excluding carboxylic acids is 2. The van der Waals surface area contributed by atoms with Gasteiger partial charge in [0.25, 0.3) is 11.8 Å². The molecule has 180 valence electrons. The van der Waals surface area contributed by atoms with Gasteiger partial charge in [-0.25, -0.2) is 9.97 Å². The zero-order valence-electron chi connectivity index (χ0n) is 18.4. The maximum atomic E-state index is 13.3. The van der Waals surface area contributed by atoms with E-state index in [9.17, 15) is 22.8 Å². The fraction of sp³-hybridized carbons (Fsp3) is 0.250. The van der Waals surface area contributed by atoms with E-state index < -0.39 is 17.6 Å². The van der Waals surface area contributed by atoms with Crippen molar-refractivity contribution >= 4 is 29.0 Å². The van der Waals surface area contributed by atoms with Gasteiger partial charge in [-0.05, 0) is 35.4 Å². The molecule has 1 aromatic carbocycles. The minimum absolute atomic E-state index is 0.243. The Balaban J connectivity index is 1.19. The second-order valence-corrected chi connectivity index (χ2v) is 9.05. The number of aromatic nitrogens is 2. The number of anilines is 1. The highest BCUT2D eigenvalue weighted by atomic mass is 32.1. The summed E-state index contributed by atoms with van der Waals surface area (Å²) in [5.41, 5.74) is 3.70. The summed E-state index contributed by atoms with van der Waals surface area (Å²) >= 11 is 1.46. The van der Waals surface area contributed by atoms with E-state index in [0.717, 1.165) is 22.9 Å². The topological polar surface area (TPSA) is 78.4 Å². The molecule has 3 aromatic rings. The highest BCUT2D eigenvalue weighted by Crippen LogP contribution is 2.34. The number of amides is 2. The molecule has 0 spiro atoms. The number of rotatable bonds is 5. The molecular formula is C24H20F3N5O2S. The SMILES string of the molecule is O=C(NCc1cscn1)c1ccc(N2CC3=C(CN(C(=O)c4ccccc4C(F)(F)F)C3)C2)nc1. The Kier molecular flexibility index (Phi) is 6.01. The van der Waals surface area contributed by atoms with E-state index in [2.05, 4.69) is 15.3 Å². The van der Waals surface area contributed by atoms with Gasteiger partial charge >= 0.3 is 6.18 Å². The molecule has 35 heavy (non-hydrogen) atoms. The van der Waals surface area contributed by atoms with Gasteiger partial charge in [0.1, 0.15) is 5.82 Å². The molecule has 4 heterocycles. The van der Waals surface area contributed by atoms with Crippen molar-refractivity contribution in [1.29, 1.82) is 0 Å². The molecule has 0 atom stereocenters. The summed E-state index contributed by atoms with van der Waals surface area (Å²) in [4.78, 5) is 37.2. The third kappa shape index (κ3) is 4.76. The summed E-state index contributed by atoms with van der Waals surface area (Å²) in [6.07, 6.45) is -3.08. The number of nitrogens with zero attached hydrogens (tertiary/aromatic N) is 4. The lowest BCUT2D eigenvalue weighted by atomic mass is 10.1. The molecule has 1 N–H and O–H groups in total. The Labute approximate surface area is 202 Å². The molecule has 2 amide bonds. The molecule has 2 aliphatic rings. The Morgan fingerprint density at radius 2 is 1.74 bits per heavy atom. The van der Waals surface area contributed by atoms with Crippen LogP contribution in [0, 0.1) is 0 Å². The zero-order chi connectivity index (χ0) is 24.6. The van der Waals surface area contributed by atoms with Crippen LogP contribution in [0.1, 0.15) is 32.0 Å². The molecule has 2 aromatic heterocycles. The van der Waals surface area contributed by atoms with Crippen LogP contribution in [0.5, 0.6) is 0 Å². The zero-order valence-corrected chi connectivity index (χ0v) is 19.2. The highest BCUT2D eigenvalue weighted by molar-refractivity contribution is 7.07. The van der Waals surface area contributed by atoms with Gasteiger partial charge in [0.15, 0.2) is 0 Å². The molecule has 0 saturated carbocycles. The minimum atomic E-state index is -4.59. The van der Waals surface area contributed by atoms with E-state index in [0.29, 0.717) is 31.0 Å². The van der Waals surface area contributed by atoms with E-state index in [-0.39, 0.29) is 24.6 Å². The summed E-state index contributed by atoms with van der Waals surface area (Å²) in [7, 11) is 0. The van der Waals surface area contributed by atoms with Crippen molar-refractivity contribution in [2.75, 3.05) is 31.1 Å². The first-order valence-electron chi connectivity index (χ1n) is 10.8. The number of pyridine rings is 1. The number of carbonyl (C=O) groups is 2. The molecule has 0 saturated heterocycles. The van der Waals surface area contributed by atoms with Gasteiger partial charge in [0.2, 0.25) is 0 Å². The fourth-order valence-electron chi connectivity index (χ4n) is 4.28. The van der Waals surface area contributed by atoms with Crippen LogP contribution in [0.4, 0.5) is 19.0 Å². The molecule has 0 aliphatic carbocycles. The second kappa shape index (κ2) is 9.14. The molecule has 2 aliphatic heterocycles. The number of halogens is 3. The van der Waals surface area contributed by atoms with Crippen LogP contribution in [-0.4, -0.2) is 52.9 Å². The van der Waals surface area contributed by atoms with Gasteiger partial charge in [0, 0.05) is 37.8 Å². The second-order valence-electron chi connectivity index (χ2n) is 8.34. The van der Waals surface area contributed by atoms with E-state index in [1.54, 1.807) is 17.6 Å². The average Bonchev–Trinajstić information content (AvgIpc) is 3.58. The number of benzene rings is 1. The number of nitrogens with one attached hydrogen (secondary N) is 1. The lowest BCUT2D eigenvalue weighted by Gasteiger charge is -2.24. The Hall–Kier alpha value is -3.73. The largest absolute Gasteiger partial charge is 0.417 e. The number of thiazole rings is 1. The Bertz CT molecular complexity index is 1270. The summed E-state index contributed by atoms with van der Waals surface area (Å²) in [5.74, 6) is -0.173. The van der Waals surface area contributed by atoms with E-state index in [1.165, 1.54) is 40.6 Å². The van der Waals surface area contributed by atoms with Crippen LogP contribution in [0.15, 0.2) is 64.6 Å². The predicted octanol–water partition coefficient (Wildman–Crippen LogP) is 3.76. The Morgan fingerprint density at radius 3 is 2.37 bits per heavy atom. The number of alkyl halides is 3.